The van der Waals surface area contributed by atoms with Gasteiger partial charge in [0.05, 0.1) is 39.6 Å². The molecule has 2 aromatic heterocycles. The highest BCUT2D eigenvalue weighted by Crippen LogP contribution is 2.37. The number of phenolic OH excluding ortho intramolecular Hbond substituents is 1. The molecule has 0 bridgehead atoms. The fourth-order valence-electron chi connectivity index (χ4n) is 7.69. The number of Topliss-reactive ketones (excluding diaryl/α,β-unsaturated/α-hetero) is 1. The van der Waals surface area contributed by atoms with E-state index in [-0.39, 0.29) is 72.4 Å². The zero-order valence-electron chi connectivity index (χ0n) is 32.3. The highest BCUT2D eigenvalue weighted by molar-refractivity contribution is 7.13. The second-order valence-electron chi connectivity index (χ2n) is 16.1. The van der Waals surface area contributed by atoms with Crippen molar-refractivity contribution in [1.29, 1.82) is 0 Å². The average Bonchev–Trinajstić information content (AvgIpc) is 3.77. The number of likely N-dealkylation sites (tertiary alicyclic amines) is 1. The number of anilines is 2. The lowest BCUT2D eigenvalue weighted by Gasteiger charge is -2.36. The van der Waals surface area contributed by atoms with Gasteiger partial charge in [0.25, 0.3) is 0 Å². The number of nitrogen functional groups attached to an aromatic ring is 1. The molecule has 2 aliphatic rings. The number of benzene rings is 2. The molecule has 0 radical (unpaired) electrons. The van der Waals surface area contributed by atoms with Crippen LogP contribution in [0.15, 0.2) is 48.0 Å². The van der Waals surface area contributed by atoms with Gasteiger partial charge in [-0.1, -0.05) is 45.0 Å². The summed E-state index contributed by atoms with van der Waals surface area (Å²) in [5, 5.41) is 31.9. The van der Waals surface area contributed by atoms with Crippen LogP contribution in [0.4, 0.5) is 20.3 Å². The summed E-state index contributed by atoms with van der Waals surface area (Å²) in [5.41, 5.74) is 10.9. The maximum atomic E-state index is 14.2. The fourth-order valence-corrected chi connectivity index (χ4v) is 8.51. The molecule has 0 unspecified atom stereocenters. The number of aromatic hydroxyl groups is 1. The van der Waals surface area contributed by atoms with E-state index >= 15 is 0 Å². The van der Waals surface area contributed by atoms with Crippen molar-refractivity contribution in [1.82, 2.24) is 25.4 Å². The number of hydrogen-bond acceptors (Lipinski definition) is 11. The van der Waals surface area contributed by atoms with Crippen LogP contribution in [0.1, 0.15) is 77.1 Å². The number of aryl methyl sites for hydroxylation is 1. The summed E-state index contributed by atoms with van der Waals surface area (Å²) in [6.07, 6.45) is 0.833. The topological polar surface area (TPSA) is 175 Å². The third-order valence-corrected chi connectivity index (χ3v) is 12.0. The van der Waals surface area contributed by atoms with Gasteiger partial charge in [-0.25, -0.2) is 13.8 Å². The lowest BCUT2D eigenvalue weighted by atomic mass is 9.75. The summed E-state index contributed by atoms with van der Waals surface area (Å²) in [7, 11) is 0. The molecule has 15 heteroatoms. The molecule has 0 saturated carbocycles. The number of halogens is 2. The van der Waals surface area contributed by atoms with Gasteiger partial charge in [0.15, 0.2) is 17.5 Å². The number of piperidine rings is 1. The van der Waals surface area contributed by atoms with E-state index < -0.39 is 40.9 Å². The van der Waals surface area contributed by atoms with Crippen LogP contribution in [-0.2, 0) is 14.4 Å². The van der Waals surface area contributed by atoms with E-state index in [1.165, 1.54) is 4.90 Å². The fraction of sp³-hybridized carbons (Fsp3) is 0.463. The van der Waals surface area contributed by atoms with E-state index in [0.717, 1.165) is 27.8 Å². The zero-order valence-corrected chi connectivity index (χ0v) is 33.1. The first-order valence-corrected chi connectivity index (χ1v) is 19.8. The van der Waals surface area contributed by atoms with Gasteiger partial charge in [0.2, 0.25) is 11.8 Å². The van der Waals surface area contributed by atoms with Gasteiger partial charge >= 0.3 is 0 Å². The Balaban J connectivity index is 1.06. The number of nitrogens with zero attached hydrogens (tertiary/aromatic N) is 5. The van der Waals surface area contributed by atoms with Gasteiger partial charge in [0, 0.05) is 56.4 Å². The Kier molecular flexibility index (Phi) is 12.0. The quantitative estimate of drug-likeness (QED) is 0.137. The number of amides is 2. The first-order valence-electron chi connectivity index (χ1n) is 18.9. The van der Waals surface area contributed by atoms with E-state index in [4.69, 9.17) is 5.73 Å². The molecule has 298 valence electrons. The van der Waals surface area contributed by atoms with Gasteiger partial charge in [-0.2, -0.15) is 0 Å². The SMILES string of the molecule is Cc1ncsc1-c1ccc([C@H](C)NC(=O)[C@@H]2C[C@@H](O)CN2C(=O)[C@@H](CC(=O)CC2CCN(c3cc(-c4cc(F)c(F)cc4O)nnc3N)CC2)C(C)(C)C)cc1. The van der Waals surface area contributed by atoms with Crippen LogP contribution in [0.25, 0.3) is 21.7 Å². The average molecular weight is 790 g/mol. The molecule has 2 aliphatic heterocycles. The van der Waals surface area contributed by atoms with E-state index in [1.807, 2.05) is 69.3 Å². The molecule has 2 aromatic carbocycles. The monoisotopic (exact) mass is 789 g/mol. The lowest BCUT2D eigenvalue weighted by Crippen LogP contribution is -2.50. The number of rotatable bonds is 11. The van der Waals surface area contributed by atoms with Crippen LogP contribution in [0, 0.1) is 35.8 Å². The van der Waals surface area contributed by atoms with Crippen molar-refractivity contribution in [2.45, 2.75) is 84.9 Å². The summed E-state index contributed by atoms with van der Waals surface area (Å²) >= 11 is 1.57. The molecule has 4 aromatic rings. The summed E-state index contributed by atoms with van der Waals surface area (Å²) in [6.45, 7) is 10.7. The van der Waals surface area contributed by atoms with Crippen LogP contribution in [0.5, 0.6) is 5.75 Å². The van der Waals surface area contributed by atoms with Crippen molar-refractivity contribution in [2.24, 2.45) is 17.3 Å². The third-order valence-electron chi connectivity index (χ3n) is 11.0. The predicted molar refractivity (Wildman–Crippen MR) is 211 cm³/mol. The molecule has 2 fully saturated rings. The van der Waals surface area contributed by atoms with Crippen molar-refractivity contribution in [3.05, 3.63) is 70.9 Å². The highest BCUT2D eigenvalue weighted by atomic mass is 32.1. The van der Waals surface area contributed by atoms with Crippen LogP contribution in [-0.4, -0.2) is 79.7 Å². The Morgan fingerprint density at radius 2 is 1.73 bits per heavy atom. The molecule has 0 spiro atoms. The summed E-state index contributed by atoms with van der Waals surface area (Å²) in [5.74, 6) is -4.03. The second kappa shape index (κ2) is 16.6. The number of hydrogen-bond donors (Lipinski definition) is 4. The summed E-state index contributed by atoms with van der Waals surface area (Å²) in [4.78, 5) is 50.4. The van der Waals surface area contributed by atoms with Crippen molar-refractivity contribution in [3.63, 3.8) is 0 Å². The van der Waals surface area contributed by atoms with E-state index in [1.54, 1.807) is 17.4 Å². The zero-order chi connectivity index (χ0) is 40.5. The van der Waals surface area contributed by atoms with E-state index in [0.29, 0.717) is 37.7 Å². The lowest BCUT2D eigenvalue weighted by molar-refractivity contribution is -0.146. The molecule has 12 nitrogen and oxygen atoms in total. The number of nitrogens with one attached hydrogen (secondary N) is 1. The molecule has 4 heterocycles. The molecule has 6 rings (SSSR count). The Bertz CT molecular complexity index is 2080. The van der Waals surface area contributed by atoms with Crippen molar-refractivity contribution < 1.29 is 33.4 Å². The van der Waals surface area contributed by atoms with E-state index in [2.05, 4.69) is 20.5 Å². The summed E-state index contributed by atoms with van der Waals surface area (Å²) < 4.78 is 27.6. The number of thiazole rings is 1. The number of nitrogens with two attached hydrogens (primary N) is 1. The number of aliphatic hydroxyl groups excluding tert-OH is 1. The number of phenols is 1. The molecule has 2 amide bonds. The molecular weight excluding hydrogens is 741 g/mol. The van der Waals surface area contributed by atoms with Crippen LogP contribution < -0.4 is 16.0 Å². The van der Waals surface area contributed by atoms with Gasteiger partial charge in [-0.15, -0.1) is 21.5 Å². The van der Waals surface area contributed by atoms with Crippen molar-refractivity contribution >= 4 is 40.4 Å². The van der Waals surface area contributed by atoms with Gasteiger partial charge in [-0.05, 0) is 61.3 Å². The normalized spacial score (nSPS) is 18.9. The van der Waals surface area contributed by atoms with Crippen LogP contribution >= 0.6 is 11.3 Å². The standard InChI is InChI=1S/C41H49F2N7O5S/c1-22(25-6-8-26(9-7-25)37-23(2)45-21-56-37)46-39(54)35-16-28(52)20-50(35)40(55)30(41(3,4)5)15-27(51)14-24-10-12-49(13-11-24)34-19-33(47-48-38(34)44)29-17-31(42)32(43)18-36(29)53/h6-9,17-19,21-22,24,28,30,35,52-53H,10-16,20H2,1-5H3,(H2,44,48)(H,46,54)/t22-,28+,30+,35-/m0/s1. The Hall–Kier alpha value is -5.02. The van der Waals surface area contributed by atoms with Gasteiger partial charge in [0.1, 0.15) is 17.6 Å². The number of carbonyl (C=O) groups is 3. The van der Waals surface area contributed by atoms with Crippen LogP contribution in [0.3, 0.4) is 0 Å². The molecule has 0 aliphatic carbocycles. The maximum absolute atomic E-state index is 14.2. The molecule has 4 atom stereocenters. The smallest absolute Gasteiger partial charge is 0.243 e. The maximum Gasteiger partial charge on any atom is 0.243 e. The van der Waals surface area contributed by atoms with Crippen molar-refractivity contribution in [2.75, 3.05) is 30.3 Å². The minimum absolute atomic E-state index is 0.00771. The second-order valence-corrected chi connectivity index (χ2v) is 16.9. The van der Waals surface area contributed by atoms with E-state index in [9.17, 15) is 33.4 Å². The summed E-state index contributed by atoms with van der Waals surface area (Å²) in [6, 6.07) is 9.82. The highest BCUT2D eigenvalue weighted by Gasteiger charge is 2.45. The first-order chi connectivity index (χ1) is 26.5. The van der Waals surface area contributed by atoms with Gasteiger partial charge < -0.3 is 31.1 Å². The molecule has 2 saturated heterocycles. The van der Waals surface area contributed by atoms with Gasteiger partial charge in [-0.3, -0.25) is 14.4 Å². The minimum Gasteiger partial charge on any atom is -0.507 e. The Morgan fingerprint density at radius 1 is 1.05 bits per heavy atom. The number of aliphatic hydroxyl groups is 1. The van der Waals surface area contributed by atoms with Crippen LogP contribution in [0.2, 0.25) is 0 Å². The predicted octanol–water partition coefficient (Wildman–Crippen LogP) is 6.21. The molecule has 56 heavy (non-hydrogen) atoms. The third kappa shape index (κ3) is 8.99. The Labute approximate surface area is 329 Å². The number of aromatic nitrogens is 3. The molecule has 5 N–H and O–H groups in total. The largest absolute Gasteiger partial charge is 0.507 e. The number of ketones is 1. The first kappa shape index (κ1) is 40.6. The minimum atomic E-state index is -1.18. The van der Waals surface area contributed by atoms with Crippen molar-refractivity contribution in [3.8, 4) is 27.4 Å². The Morgan fingerprint density at radius 3 is 2.38 bits per heavy atom. The molecular formula is C41H49F2N7O5S. The number of β-amino-alcohol motifs (C(OH)–C–C–N with tert-alkyl or cyclic N) is 1. The number of carbonyl (C=O) groups excluding carboxylic acids is 3.